The minimum atomic E-state index is -0.0211. The number of carbonyl (C=O) groups is 1. The van der Waals surface area contributed by atoms with E-state index in [2.05, 4.69) is 48.0 Å². The van der Waals surface area contributed by atoms with Crippen molar-refractivity contribution in [3.05, 3.63) is 33.8 Å². The van der Waals surface area contributed by atoms with Crippen LogP contribution in [0.4, 0.5) is 0 Å². The Balaban J connectivity index is 2.54. The van der Waals surface area contributed by atoms with Crippen LogP contribution in [0.25, 0.3) is 0 Å². The molecular weight excluding hydrogens is 252 g/mol. The fourth-order valence-electron chi connectivity index (χ4n) is 2.35. The Morgan fingerprint density at radius 1 is 1.27 bits per heavy atom. The van der Waals surface area contributed by atoms with Gasteiger partial charge in [-0.15, -0.1) is 0 Å². The number of aryl methyl sites for hydroxylation is 1. The maximum Gasteiger partial charge on any atom is 0.134 e. The lowest BCUT2D eigenvalue weighted by atomic mass is 9.80. The molecule has 15 heavy (non-hydrogen) atoms. The first-order valence-corrected chi connectivity index (χ1v) is 6.09. The van der Waals surface area contributed by atoms with E-state index >= 15 is 0 Å². The van der Waals surface area contributed by atoms with Crippen LogP contribution in [0, 0.1) is 0 Å². The van der Waals surface area contributed by atoms with E-state index < -0.39 is 0 Å². The van der Waals surface area contributed by atoms with E-state index in [1.54, 1.807) is 0 Å². The van der Waals surface area contributed by atoms with Crippen molar-refractivity contribution in [2.24, 2.45) is 0 Å². The first kappa shape index (κ1) is 10.9. The van der Waals surface area contributed by atoms with Gasteiger partial charge >= 0.3 is 0 Å². The Kier molecular flexibility index (Phi) is 2.72. The quantitative estimate of drug-likeness (QED) is 0.656. The molecule has 0 saturated heterocycles. The van der Waals surface area contributed by atoms with Gasteiger partial charge in [0, 0.05) is 17.3 Å². The van der Waals surface area contributed by atoms with Gasteiger partial charge in [0.1, 0.15) is 5.78 Å². The largest absolute Gasteiger partial charge is 0.300 e. The average Bonchev–Trinajstić information content (AvgIpc) is 2.24. The van der Waals surface area contributed by atoms with Crippen molar-refractivity contribution in [1.29, 1.82) is 0 Å². The highest BCUT2D eigenvalue weighted by atomic mass is 79.9. The van der Waals surface area contributed by atoms with Crippen molar-refractivity contribution in [2.45, 2.75) is 38.5 Å². The Labute approximate surface area is 99.0 Å². The van der Waals surface area contributed by atoms with E-state index in [4.69, 9.17) is 0 Å². The molecule has 0 unspecified atom stereocenters. The Hall–Kier alpha value is -0.630. The van der Waals surface area contributed by atoms with E-state index in [9.17, 15) is 4.79 Å². The van der Waals surface area contributed by atoms with Gasteiger partial charge in [-0.2, -0.15) is 0 Å². The van der Waals surface area contributed by atoms with Gasteiger partial charge in [0.2, 0.25) is 0 Å². The molecule has 2 heteroatoms. The van der Waals surface area contributed by atoms with Gasteiger partial charge in [0.25, 0.3) is 0 Å². The monoisotopic (exact) mass is 266 g/mol. The van der Waals surface area contributed by atoms with Crippen LogP contribution in [-0.4, -0.2) is 5.78 Å². The number of carbonyl (C=O) groups excluding carboxylic acids is 1. The molecule has 1 aromatic rings. The lowest BCUT2D eigenvalue weighted by molar-refractivity contribution is -0.119. The fourth-order valence-corrected chi connectivity index (χ4v) is 2.71. The molecule has 1 aliphatic carbocycles. The van der Waals surface area contributed by atoms with Crippen LogP contribution in [0.15, 0.2) is 22.7 Å². The standard InChI is InChI=1S/C13H15BrO/c1-13(2)8-11(15)6-4-9-3-5-10(14)7-12(9)13/h3,5,7H,4,6,8H2,1-2H3. The minimum Gasteiger partial charge on any atom is -0.300 e. The molecule has 0 heterocycles. The van der Waals surface area contributed by atoms with Crippen molar-refractivity contribution in [1.82, 2.24) is 0 Å². The maximum atomic E-state index is 11.6. The van der Waals surface area contributed by atoms with Crippen LogP contribution >= 0.6 is 15.9 Å². The summed E-state index contributed by atoms with van der Waals surface area (Å²) in [5, 5.41) is 0. The molecule has 1 nitrogen and oxygen atoms in total. The number of Topliss-reactive ketones (excluding diaryl/α,β-unsaturated/α-hetero) is 1. The molecular formula is C13H15BrO. The third-order valence-corrected chi connectivity index (χ3v) is 3.61. The molecule has 80 valence electrons. The first-order valence-electron chi connectivity index (χ1n) is 5.30. The number of fused-ring (bicyclic) bond motifs is 1. The summed E-state index contributed by atoms with van der Waals surface area (Å²) in [6.45, 7) is 4.31. The zero-order valence-electron chi connectivity index (χ0n) is 9.14. The van der Waals surface area contributed by atoms with Crippen LogP contribution in [0.5, 0.6) is 0 Å². The molecule has 0 fully saturated rings. The zero-order valence-corrected chi connectivity index (χ0v) is 10.7. The third-order valence-electron chi connectivity index (χ3n) is 3.11. The van der Waals surface area contributed by atoms with Crippen LogP contribution in [0.1, 0.15) is 37.8 Å². The SMILES string of the molecule is CC1(C)CC(=O)CCc2ccc(Br)cc21. The number of ketones is 1. The van der Waals surface area contributed by atoms with Gasteiger partial charge in [-0.3, -0.25) is 4.79 Å². The smallest absolute Gasteiger partial charge is 0.134 e. The van der Waals surface area contributed by atoms with E-state index in [0.717, 1.165) is 10.9 Å². The Morgan fingerprint density at radius 3 is 2.73 bits per heavy atom. The highest BCUT2D eigenvalue weighted by molar-refractivity contribution is 9.10. The molecule has 0 aliphatic heterocycles. The summed E-state index contributed by atoms with van der Waals surface area (Å²) < 4.78 is 1.10. The predicted molar refractivity (Wildman–Crippen MR) is 65.1 cm³/mol. The second kappa shape index (κ2) is 3.75. The number of hydrogen-bond donors (Lipinski definition) is 0. The predicted octanol–water partition coefficient (Wildman–Crippen LogP) is 3.63. The van der Waals surface area contributed by atoms with Gasteiger partial charge in [-0.05, 0) is 35.1 Å². The molecule has 1 aromatic carbocycles. The summed E-state index contributed by atoms with van der Waals surface area (Å²) in [7, 11) is 0. The lowest BCUT2D eigenvalue weighted by Gasteiger charge is -2.24. The third kappa shape index (κ3) is 2.15. The highest BCUT2D eigenvalue weighted by Crippen LogP contribution is 2.35. The molecule has 0 N–H and O–H groups in total. The normalized spacial score (nSPS) is 19.5. The molecule has 2 rings (SSSR count). The molecule has 1 aliphatic rings. The minimum absolute atomic E-state index is 0.0211. The summed E-state index contributed by atoms with van der Waals surface area (Å²) in [5.74, 6) is 0.382. The molecule has 0 saturated carbocycles. The molecule has 0 spiro atoms. The number of benzene rings is 1. The van der Waals surface area contributed by atoms with Crippen molar-refractivity contribution in [3.63, 3.8) is 0 Å². The fraction of sp³-hybridized carbons (Fsp3) is 0.462. The Bertz CT molecular complexity index is 407. The van der Waals surface area contributed by atoms with Crippen molar-refractivity contribution in [2.75, 3.05) is 0 Å². The van der Waals surface area contributed by atoms with Gasteiger partial charge in [0.05, 0.1) is 0 Å². The van der Waals surface area contributed by atoms with E-state index in [-0.39, 0.29) is 5.41 Å². The van der Waals surface area contributed by atoms with Crippen molar-refractivity contribution in [3.8, 4) is 0 Å². The summed E-state index contributed by atoms with van der Waals surface area (Å²) >= 11 is 3.50. The van der Waals surface area contributed by atoms with Crippen molar-refractivity contribution >= 4 is 21.7 Å². The second-order valence-electron chi connectivity index (χ2n) is 4.90. The van der Waals surface area contributed by atoms with E-state index in [0.29, 0.717) is 18.6 Å². The molecule has 0 aromatic heterocycles. The summed E-state index contributed by atoms with van der Waals surface area (Å²) in [5.41, 5.74) is 2.63. The number of halogens is 1. The summed E-state index contributed by atoms with van der Waals surface area (Å²) in [6, 6.07) is 6.36. The highest BCUT2D eigenvalue weighted by Gasteiger charge is 2.29. The summed E-state index contributed by atoms with van der Waals surface area (Å²) in [4.78, 5) is 11.6. The van der Waals surface area contributed by atoms with Gasteiger partial charge in [-0.25, -0.2) is 0 Å². The molecule has 0 bridgehead atoms. The van der Waals surface area contributed by atoms with Crippen LogP contribution in [-0.2, 0) is 16.6 Å². The van der Waals surface area contributed by atoms with Gasteiger partial charge < -0.3 is 0 Å². The maximum absolute atomic E-state index is 11.6. The lowest BCUT2D eigenvalue weighted by Crippen LogP contribution is -2.20. The van der Waals surface area contributed by atoms with Crippen molar-refractivity contribution < 1.29 is 4.79 Å². The molecule has 0 radical (unpaired) electrons. The second-order valence-corrected chi connectivity index (χ2v) is 5.82. The van der Waals surface area contributed by atoms with E-state index in [1.165, 1.54) is 11.1 Å². The average molecular weight is 267 g/mol. The first-order chi connectivity index (χ1) is 6.99. The van der Waals surface area contributed by atoms with Crippen LogP contribution in [0.3, 0.4) is 0 Å². The number of hydrogen-bond acceptors (Lipinski definition) is 1. The van der Waals surface area contributed by atoms with Crippen LogP contribution in [0.2, 0.25) is 0 Å². The topological polar surface area (TPSA) is 17.1 Å². The molecule has 0 atom stereocenters. The van der Waals surface area contributed by atoms with Crippen LogP contribution < -0.4 is 0 Å². The number of rotatable bonds is 0. The van der Waals surface area contributed by atoms with Gasteiger partial charge in [0.15, 0.2) is 0 Å². The van der Waals surface area contributed by atoms with E-state index in [1.807, 2.05) is 0 Å². The van der Waals surface area contributed by atoms with Gasteiger partial charge in [-0.1, -0.05) is 35.8 Å². The summed E-state index contributed by atoms with van der Waals surface area (Å²) in [6.07, 6.45) is 2.25. The molecule has 0 amide bonds. The Morgan fingerprint density at radius 2 is 2.00 bits per heavy atom. The zero-order chi connectivity index (χ0) is 11.1.